The molecule has 2 unspecified atom stereocenters. The third kappa shape index (κ3) is 7.07. The molecule has 0 saturated heterocycles. The largest absolute Gasteiger partial charge is 0.387 e. The number of carbonyl (C=O) groups is 4. The molecule has 0 heterocycles. The third-order valence-electron chi connectivity index (χ3n) is 4.15. The first-order chi connectivity index (χ1) is 13.8. The molecule has 160 valence electrons. The zero-order valence-electron chi connectivity index (χ0n) is 17.0. The number of aryl methyl sites for hydroxylation is 1. The summed E-state index contributed by atoms with van der Waals surface area (Å²) in [7, 11) is 0. The predicted octanol–water partition coefficient (Wildman–Crippen LogP) is 2.33. The number of hydrogen-bond acceptors (Lipinski definition) is 8. The lowest BCUT2D eigenvalue weighted by Crippen LogP contribution is -2.29. The molecule has 0 amide bonds. The molecule has 2 atom stereocenters. The number of ether oxygens (including phenoxy) is 2. The summed E-state index contributed by atoms with van der Waals surface area (Å²) in [5.74, 6) is -4.47. The third-order valence-corrected chi connectivity index (χ3v) is 4.15. The fourth-order valence-corrected chi connectivity index (χ4v) is 2.70. The Bertz CT molecular complexity index is 740. The van der Waals surface area contributed by atoms with Gasteiger partial charge in [0.25, 0.3) is 0 Å². The van der Waals surface area contributed by atoms with Crippen LogP contribution in [0.15, 0.2) is 18.2 Å². The molecule has 2 N–H and O–H groups in total. The number of esters is 4. The molecule has 0 aliphatic heterocycles. The van der Waals surface area contributed by atoms with Crippen LogP contribution in [0, 0.1) is 0 Å². The van der Waals surface area contributed by atoms with Crippen molar-refractivity contribution in [2.24, 2.45) is 0 Å². The maximum Gasteiger partial charge on any atom is 0.347 e. The number of hydrogen-bond donors (Lipinski definition) is 2. The van der Waals surface area contributed by atoms with Crippen LogP contribution in [-0.4, -0.2) is 46.3 Å². The van der Waals surface area contributed by atoms with Gasteiger partial charge in [-0.2, -0.15) is 0 Å². The molecule has 0 aromatic heterocycles. The molecule has 8 nitrogen and oxygen atoms in total. The van der Waals surface area contributed by atoms with Gasteiger partial charge in [0.1, 0.15) is 0 Å². The fourth-order valence-electron chi connectivity index (χ4n) is 2.70. The highest BCUT2D eigenvalue weighted by Gasteiger charge is 2.29. The minimum atomic E-state index is -1.46. The van der Waals surface area contributed by atoms with Crippen LogP contribution in [0.3, 0.4) is 0 Å². The summed E-state index contributed by atoms with van der Waals surface area (Å²) in [5, 5.41) is 19.4. The van der Waals surface area contributed by atoms with E-state index >= 15 is 0 Å². The van der Waals surface area contributed by atoms with Crippen LogP contribution in [0.5, 0.6) is 0 Å². The Labute approximate surface area is 169 Å². The van der Waals surface area contributed by atoms with E-state index in [2.05, 4.69) is 0 Å². The molecular formula is C21H28O8. The molecule has 1 aromatic carbocycles. The average molecular weight is 408 g/mol. The molecule has 29 heavy (non-hydrogen) atoms. The van der Waals surface area contributed by atoms with E-state index < -0.39 is 36.1 Å². The van der Waals surface area contributed by atoms with Crippen molar-refractivity contribution >= 4 is 23.9 Å². The highest BCUT2D eigenvalue weighted by molar-refractivity contribution is 6.09. The SMILES string of the molecule is CCCc1cccc(C(=O)OC(=O)C(O)CCC)c1C(=O)OC(=O)C(O)CCC. The maximum absolute atomic E-state index is 12.6. The molecule has 0 aliphatic carbocycles. The number of aliphatic hydroxyl groups is 2. The topological polar surface area (TPSA) is 127 Å². The molecule has 0 fully saturated rings. The van der Waals surface area contributed by atoms with Gasteiger partial charge in [0.2, 0.25) is 0 Å². The lowest BCUT2D eigenvalue weighted by molar-refractivity contribution is -0.148. The standard InChI is InChI=1S/C21H28O8/c1-4-8-13-11-7-12-14(18(24)28-19(25)15(22)9-5-2)17(13)21(27)29-20(26)16(23)10-6-3/h7,11-12,15-16,22-23H,4-6,8-10H2,1-3H3. The second kappa shape index (κ2) is 12.1. The molecule has 0 spiro atoms. The minimum absolute atomic E-state index is 0.126. The summed E-state index contributed by atoms with van der Waals surface area (Å²) in [4.78, 5) is 48.8. The van der Waals surface area contributed by atoms with E-state index in [4.69, 9.17) is 9.47 Å². The lowest BCUT2D eigenvalue weighted by atomic mass is 9.97. The summed E-state index contributed by atoms with van der Waals surface area (Å²) in [6, 6.07) is 4.38. The first-order valence-electron chi connectivity index (χ1n) is 9.76. The highest BCUT2D eigenvalue weighted by atomic mass is 16.6. The second-order valence-electron chi connectivity index (χ2n) is 6.62. The van der Waals surface area contributed by atoms with Crippen molar-refractivity contribution in [1.29, 1.82) is 0 Å². The van der Waals surface area contributed by atoms with E-state index in [1.807, 2.05) is 6.92 Å². The van der Waals surface area contributed by atoms with Crippen molar-refractivity contribution in [3.63, 3.8) is 0 Å². The van der Waals surface area contributed by atoms with Crippen LogP contribution < -0.4 is 0 Å². The Balaban J connectivity index is 3.17. The van der Waals surface area contributed by atoms with Crippen molar-refractivity contribution in [2.75, 3.05) is 0 Å². The molecular weight excluding hydrogens is 380 g/mol. The minimum Gasteiger partial charge on any atom is -0.387 e. The van der Waals surface area contributed by atoms with Gasteiger partial charge in [0.15, 0.2) is 12.2 Å². The van der Waals surface area contributed by atoms with Gasteiger partial charge in [-0.3, -0.25) is 0 Å². The van der Waals surface area contributed by atoms with E-state index in [9.17, 15) is 29.4 Å². The van der Waals surface area contributed by atoms with Gasteiger partial charge in [0, 0.05) is 0 Å². The van der Waals surface area contributed by atoms with E-state index in [-0.39, 0.29) is 24.0 Å². The predicted molar refractivity (Wildman–Crippen MR) is 103 cm³/mol. The molecule has 0 bridgehead atoms. The van der Waals surface area contributed by atoms with Crippen molar-refractivity contribution in [1.82, 2.24) is 0 Å². The van der Waals surface area contributed by atoms with Gasteiger partial charge in [-0.05, 0) is 30.9 Å². The van der Waals surface area contributed by atoms with Crippen LogP contribution in [0.25, 0.3) is 0 Å². The van der Waals surface area contributed by atoms with E-state index in [0.29, 0.717) is 31.2 Å². The molecule has 0 radical (unpaired) electrons. The van der Waals surface area contributed by atoms with Crippen LogP contribution in [0.2, 0.25) is 0 Å². The number of rotatable bonds is 10. The molecule has 0 saturated carbocycles. The Hall–Kier alpha value is -2.58. The van der Waals surface area contributed by atoms with Crippen molar-refractivity contribution in [3.05, 3.63) is 34.9 Å². The number of benzene rings is 1. The van der Waals surface area contributed by atoms with Crippen LogP contribution in [0.1, 0.15) is 79.2 Å². The Morgan fingerprint density at radius 2 is 1.34 bits per heavy atom. The normalized spacial score (nSPS) is 12.7. The fraction of sp³-hybridized carbons (Fsp3) is 0.524. The lowest BCUT2D eigenvalue weighted by Gasteiger charge is -2.14. The molecule has 8 heteroatoms. The summed E-state index contributed by atoms with van der Waals surface area (Å²) in [6.07, 6.45) is -0.592. The van der Waals surface area contributed by atoms with Crippen LogP contribution in [0.4, 0.5) is 0 Å². The molecule has 1 aromatic rings. The molecule has 0 aliphatic rings. The second-order valence-corrected chi connectivity index (χ2v) is 6.62. The van der Waals surface area contributed by atoms with Crippen LogP contribution >= 0.6 is 0 Å². The van der Waals surface area contributed by atoms with Gasteiger partial charge in [-0.15, -0.1) is 0 Å². The highest BCUT2D eigenvalue weighted by Crippen LogP contribution is 2.20. The van der Waals surface area contributed by atoms with E-state index in [0.717, 1.165) is 0 Å². The van der Waals surface area contributed by atoms with Gasteiger partial charge in [0.05, 0.1) is 11.1 Å². The van der Waals surface area contributed by atoms with Crippen molar-refractivity contribution in [3.8, 4) is 0 Å². The van der Waals surface area contributed by atoms with Gasteiger partial charge < -0.3 is 19.7 Å². The Morgan fingerprint density at radius 1 is 0.828 bits per heavy atom. The Kier molecular flexibility index (Phi) is 10.2. The van der Waals surface area contributed by atoms with Crippen LogP contribution in [-0.2, 0) is 25.5 Å². The van der Waals surface area contributed by atoms with Gasteiger partial charge >= 0.3 is 23.9 Å². The zero-order valence-corrected chi connectivity index (χ0v) is 17.0. The summed E-state index contributed by atoms with van der Waals surface area (Å²) in [5.41, 5.74) is -0.0174. The first kappa shape index (κ1) is 24.5. The number of carbonyl (C=O) groups excluding carboxylic acids is 4. The average Bonchev–Trinajstić information content (AvgIpc) is 2.68. The monoisotopic (exact) mass is 408 g/mol. The summed E-state index contributed by atoms with van der Waals surface area (Å²) in [6.45, 7) is 5.37. The molecule has 1 rings (SSSR count). The summed E-state index contributed by atoms with van der Waals surface area (Å²) >= 11 is 0. The zero-order chi connectivity index (χ0) is 22.0. The Morgan fingerprint density at radius 3 is 1.83 bits per heavy atom. The smallest absolute Gasteiger partial charge is 0.347 e. The first-order valence-corrected chi connectivity index (χ1v) is 9.76. The summed E-state index contributed by atoms with van der Waals surface area (Å²) < 4.78 is 9.45. The van der Waals surface area contributed by atoms with Crippen molar-refractivity contribution in [2.45, 2.75) is 71.5 Å². The van der Waals surface area contributed by atoms with Gasteiger partial charge in [-0.1, -0.05) is 52.2 Å². The number of aliphatic hydroxyl groups excluding tert-OH is 2. The van der Waals surface area contributed by atoms with E-state index in [1.54, 1.807) is 19.9 Å². The van der Waals surface area contributed by atoms with E-state index in [1.165, 1.54) is 12.1 Å². The quantitative estimate of drug-likeness (QED) is 0.446. The van der Waals surface area contributed by atoms with Crippen molar-refractivity contribution < 1.29 is 38.9 Å². The van der Waals surface area contributed by atoms with Gasteiger partial charge in [-0.25, -0.2) is 19.2 Å². The maximum atomic E-state index is 12.6.